The molecule has 0 fully saturated rings. The normalized spacial score (nSPS) is 12.7. The van der Waals surface area contributed by atoms with E-state index in [4.69, 9.17) is 20.2 Å². The number of thiazole rings is 1. The summed E-state index contributed by atoms with van der Waals surface area (Å²) in [5, 5.41) is 1.02. The maximum Gasteiger partial charge on any atom is 0.185 e. The Bertz CT molecular complexity index is 376. The smallest absolute Gasteiger partial charge is 0.185 e. The molecule has 0 spiro atoms. The van der Waals surface area contributed by atoms with Gasteiger partial charge < -0.3 is 20.1 Å². The van der Waals surface area contributed by atoms with E-state index in [0.29, 0.717) is 25.7 Å². The van der Waals surface area contributed by atoms with E-state index in [1.165, 1.54) is 4.88 Å². The zero-order valence-electron chi connectivity index (χ0n) is 13.0. The van der Waals surface area contributed by atoms with E-state index < -0.39 is 0 Å². The molecule has 20 heavy (non-hydrogen) atoms. The fourth-order valence-electron chi connectivity index (χ4n) is 1.92. The minimum absolute atomic E-state index is 0.449. The molecule has 1 aromatic heterocycles. The van der Waals surface area contributed by atoms with Crippen molar-refractivity contribution in [3.8, 4) is 0 Å². The maximum atomic E-state index is 5.86. The summed E-state index contributed by atoms with van der Waals surface area (Å²) in [6, 6.07) is 0. The third-order valence-electron chi connectivity index (χ3n) is 3.38. The van der Waals surface area contributed by atoms with Crippen molar-refractivity contribution >= 4 is 16.5 Å². The third-order valence-corrected chi connectivity index (χ3v) is 4.54. The Labute approximate surface area is 126 Å². The average Bonchev–Trinajstić information content (AvgIpc) is 2.90. The number of nitrogens with two attached hydrogens (primary N) is 1. The first-order valence-corrected chi connectivity index (χ1v) is 7.92. The number of aromatic nitrogens is 1. The molecule has 2 N–H and O–H groups in total. The topological polar surface area (TPSA) is 60.6 Å². The minimum atomic E-state index is 0.449. The molecule has 0 aliphatic rings. The summed E-state index contributed by atoms with van der Waals surface area (Å²) in [7, 11) is 3.43. The summed E-state index contributed by atoms with van der Waals surface area (Å²) in [4.78, 5) is 8.21. The second kappa shape index (κ2) is 9.28. The molecule has 5 nitrogen and oxygen atoms in total. The lowest BCUT2D eigenvalue weighted by atomic mass is 10.0. The lowest BCUT2D eigenvalue weighted by Gasteiger charge is -2.21. The van der Waals surface area contributed by atoms with E-state index in [0.717, 1.165) is 30.3 Å². The first-order valence-electron chi connectivity index (χ1n) is 7.10. The van der Waals surface area contributed by atoms with Crippen molar-refractivity contribution in [3.63, 3.8) is 0 Å². The predicted molar refractivity (Wildman–Crippen MR) is 84.7 cm³/mol. The van der Waals surface area contributed by atoms with Gasteiger partial charge in [0, 0.05) is 38.7 Å². The van der Waals surface area contributed by atoms with Crippen LogP contribution in [0, 0.1) is 0 Å². The van der Waals surface area contributed by atoms with Crippen LogP contribution in [0.3, 0.4) is 0 Å². The van der Waals surface area contributed by atoms with Crippen LogP contribution in [-0.2, 0) is 16.0 Å². The monoisotopic (exact) mass is 301 g/mol. The molecule has 0 saturated heterocycles. The molecule has 0 bridgehead atoms. The van der Waals surface area contributed by atoms with Crippen molar-refractivity contribution in [2.75, 3.05) is 45.4 Å². The van der Waals surface area contributed by atoms with Crippen molar-refractivity contribution in [2.24, 2.45) is 5.73 Å². The zero-order valence-corrected chi connectivity index (χ0v) is 13.8. The lowest BCUT2D eigenvalue weighted by molar-refractivity contribution is 0.190. The molecule has 0 aliphatic carbocycles. The van der Waals surface area contributed by atoms with Crippen LogP contribution in [0.4, 0.5) is 5.13 Å². The van der Waals surface area contributed by atoms with Gasteiger partial charge in [0.05, 0.1) is 18.9 Å². The second-order valence-corrected chi connectivity index (χ2v) is 5.85. The van der Waals surface area contributed by atoms with E-state index in [-0.39, 0.29) is 0 Å². The predicted octanol–water partition coefficient (Wildman–Crippen LogP) is 2.21. The van der Waals surface area contributed by atoms with Crippen molar-refractivity contribution < 1.29 is 9.47 Å². The van der Waals surface area contributed by atoms with Crippen LogP contribution >= 0.6 is 11.3 Å². The van der Waals surface area contributed by atoms with Gasteiger partial charge in [0.25, 0.3) is 0 Å². The second-order valence-electron chi connectivity index (χ2n) is 4.79. The quantitative estimate of drug-likeness (QED) is 0.718. The van der Waals surface area contributed by atoms with Crippen LogP contribution in [0.25, 0.3) is 0 Å². The van der Waals surface area contributed by atoms with Crippen LogP contribution in [0.1, 0.15) is 36.8 Å². The number of methoxy groups -OCH3 is 2. The summed E-state index contributed by atoms with van der Waals surface area (Å²) >= 11 is 1.69. The van der Waals surface area contributed by atoms with Gasteiger partial charge in [-0.05, 0) is 12.3 Å². The first kappa shape index (κ1) is 17.4. The van der Waals surface area contributed by atoms with Crippen LogP contribution in [0.15, 0.2) is 0 Å². The van der Waals surface area contributed by atoms with Gasteiger partial charge >= 0.3 is 0 Å². The summed E-state index contributed by atoms with van der Waals surface area (Å²) < 4.78 is 10.4. The van der Waals surface area contributed by atoms with Crippen molar-refractivity contribution in [2.45, 2.75) is 32.7 Å². The van der Waals surface area contributed by atoms with Gasteiger partial charge in [-0.1, -0.05) is 13.8 Å². The van der Waals surface area contributed by atoms with E-state index in [9.17, 15) is 0 Å². The average molecular weight is 301 g/mol. The Morgan fingerprint density at radius 2 is 1.85 bits per heavy atom. The van der Waals surface area contributed by atoms with Crippen LogP contribution in [0.2, 0.25) is 0 Å². The summed E-state index contributed by atoms with van der Waals surface area (Å²) in [6.45, 7) is 7.93. The minimum Gasteiger partial charge on any atom is -0.383 e. The van der Waals surface area contributed by atoms with E-state index in [1.807, 2.05) is 0 Å². The standard InChI is InChI=1S/C14H27N3O2S/c1-5-11(2)13-12(10-15)20-14(16-13)17(6-8-18-3)7-9-19-4/h11H,5-10,15H2,1-4H3. The molecule has 1 rings (SSSR count). The zero-order chi connectivity index (χ0) is 15.0. The van der Waals surface area contributed by atoms with Crippen molar-refractivity contribution in [3.05, 3.63) is 10.6 Å². The number of nitrogens with zero attached hydrogens (tertiary/aromatic N) is 2. The molecule has 0 saturated carbocycles. The summed E-state index contributed by atoms with van der Waals surface area (Å²) in [5.74, 6) is 0.449. The number of ether oxygens (including phenoxy) is 2. The van der Waals surface area contributed by atoms with Gasteiger partial charge in [0.1, 0.15) is 0 Å². The highest BCUT2D eigenvalue weighted by molar-refractivity contribution is 7.15. The highest BCUT2D eigenvalue weighted by atomic mass is 32.1. The Morgan fingerprint density at radius 1 is 1.25 bits per heavy atom. The molecule has 1 aromatic rings. The van der Waals surface area contributed by atoms with E-state index >= 15 is 0 Å². The molecule has 0 radical (unpaired) electrons. The Kier molecular flexibility index (Phi) is 8.06. The Morgan fingerprint density at radius 3 is 2.30 bits per heavy atom. The molecule has 0 aliphatic heterocycles. The van der Waals surface area contributed by atoms with Crippen LogP contribution in [-0.4, -0.2) is 45.5 Å². The number of anilines is 1. The van der Waals surface area contributed by atoms with Gasteiger partial charge in [-0.25, -0.2) is 4.98 Å². The molecule has 0 amide bonds. The maximum absolute atomic E-state index is 5.86. The molecule has 1 atom stereocenters. The molecular formula is C14H27N3O2S. The van der Waals surface area contributed by atoms with E-state index in [2.05, 4.69) is 18.7 Å². The summed E-state index contributed by atoms with van der Waals surface area (Å²) in [5.41, 5.74) is 7.01. The van der Waals surface area contributed by atoms with Gasteiger partial charge in [-0.2, -0.15) is 0 Å². The van der Waals surface area contributed by atoms with Gasteiger partial charge in [-0.3, -0.25) is 0 Å². The highest BCUT2D eigenvalue weighted by Gasteiger charge is 2.18. The Balaban J connectivity index is 2.91. The molecule has 6 heteroatoms. The number of hydrogen-bond acceptors (Lipinski definition) is 6. The Hall–Kier alpha value is -0.690. The SMILES string of the molecule is CCC(C)c1nc(N(CCOC)CCOC)sc1CN. The van der Waals surface area contributed by atoms with Crippen LogP contribution < -0.4 is 10.6 Å². The molecule has 0 aromatic carbocycles. The number of rotatable bonds is 10. The highest BCUT2D eigenvalue weighted by Crippen LogP contribution is 2.31. The van der Waals surface area contributed by atoms with Gasteiger partial charge in [0.2, 0.25) is 0 Å². The fourth-order valence-corrected chi connectivity index (χ4v) is 3.03. The summed E-state index contributed by atoms with van der Waals surface area (Å²) in [6.07, 6.45) is 1.08. The van der Waals surface area contributed by atoms with Crippen LogP contribution in [0.5, 0.6) is 0 Å². The lowest BCUT2D eigenvalue weighted by Crippen LogP contribution is -2.30. The fraction of sp³-hybridized carbons (Fsp3) is 0.786. The third kappa shape index (κ3) is 4.70. The van der Waals surface area contributed by atoms with Crippen molar-refractivity contribution in [1.29, 1.82) is 0 Å². The van der Waals surface area contributed by atoms with Gasteiger partial charge in [-0.15, -0.1) is 11.3 Å². The molecule has 1 heterocycles. The van der Waals surface area contributed by atoms with Crippen molar-refractivity contribution in [1.82, 2.24) is 4.98 Å². The van der Waals surface area contributed by atoms with E-state index in [1.54, 1.807) is 25.6 Å². The largest absolute Gasteiger partial charge is 0.383 e. The molecule has 1 unspecified atom stereocenters. The molecule has 116 valence electrons. The first-order chi connectivity index (χ1) is 9.67. The van der Waals surface area contributed by atoms with Gasteiger partial charge in [0.15, 0.2) is 5.13 Å². The number of hydrogen-bond donors (Lipinski definition) is 1. The molecular weight excluding hydrogens is 274 g/mol.